The minimum atomic E-state index is 0.433. The van der Waals surface area contributed by atoms with E-state index in [-0.39, 0.29) is 0 Å². The molecule has 0 aliphatic heterocycles. The van der Waals surface area contributed by atoms with Crippen LogP contribution in [0.2, 0.25) is 5.15 Å². The molecular formula is C9H7BrClN3. The molecule has 0 spiro atoms. The van der Waals surface area contributed by atoms with E-state index in [1.54, 1.807) is 4.68 Å². The number of anilines is 1. The van der Waals surface area contributed by atoms with Gasteiger partial charge in [-0.2, -0.15) is 5.10 Å². The van der Waals surface area contributed by atoms with Crippen molar-refractivity contribution >= 4 is 33.2 Å². The van der Waals surface area contributed by atoms with Crippen LogP contribution in [0.15, 0.2) is 34.9 Å². The first kappa shape index (κ1) is 9.55. The molecule has 0 saturated heterocycles. The highest BCUT2D eigenvalue weighted by molar-refractivity contribution is 9.10. The second-order valence-electron chi connectivity index (χ2n) is 2.78. The monoisotopic (exact) mass is 271 g/mol. The van der Waals surface area contributed by atoms with Crippen LogP contribution in [0.4, 0.5) is 5.69 Å². The van der Waals surface area contributed by atoms with E-state index in [9.17, 15) is 0 Å². The topological polar surface area (TPSA) is 43.8 Å². The highest BCUT2D eigenvalue weighted by Crippen LogP contribution is 2.23. The molecule has 1 aromatic carbocycles. The summed E-state index contributed by atoms with van der Waals surface area (Å²) in [6, 6.07) is 7.67. The quantitative estimate of drug-likeness (QED) is 0.867. The van der Waals surface area contributed by atoms with Gasteiger partial charge in [-0.3, -0.25) is 0 Å². The van der Waals surface area contributed by atoms with Crippen LogP contribution in [0.25, 0.3) is 5.69 Å². The molecule has 1 heterocycles. The number of hydrogen-bond acceptors (Lipinski definition) is 2. The van der Waals surface area contributed by atoms with Gasteiger partial charge in [0.05, 0.1) is 17.6 Å². The maximum atomic E-state index is 5.96. The van der Waals surface area contributed by atoms with Crippen molar-refractivity contribution in [3.05, 3.63) is 40.1 Å². The molecule has 0 unspecified atom stereocenters. The van der Waals surface area contributed by atoms with Gasteiger partial charge >= 0.3 is 0 Å². The number of nitrogens with two attached hydrogens (primary N) is 1. The van der Waals surface area contributed by atoms with Gasteiger partial charge in [0.2, 0.25) is 0 Å². The molecule has 0 atom stereocenters. The Morgan fingerprint density at radius 1 is 1.43 bits per heavy atom. The smallest absolute Gasteiger partial charge is 0.155 e. The predicted octanol–water partition coefficient (Wildman–Crippen LogP) is 2.87. The Labute approximate surface area is 94.6 Å². The summed E-state index contributed by atoms with van der Waals surface area (Å²) in [5, 5.41) is 4.50. The highest BCUT2D eigenvalue weighted by Gasteiger charge is 2.06. The first-order chi connectivity index (χ1) is 6.68. The molecular weight excluding hydrogens is 265 g/mol. The van der Waals surface area contributed by atoms with Crippen molar-refractivity contribution in [2.75, 3.05) is 5.73 Å². The summed E-state index contributed by atoms with van der Waals surface area (Å²) in [6.07, 6.45) is 1.53. The second-order valence-corrected chi connectivity index (χ2v) is 4.06. The zero-order valence-corrected chi connectivity index (χ0v) is 9.46. The van der Waals surface area contributed by atoms with Gasteiger partial charge in [-0.15, -0.1) is 0 Å². The predicted molar refractivity (Wildman–Crippen MR) is 60.7 cm³/mol. The van der Waals surface area contributed by atoms with Crippen LogP contribution in [-0.2, 0) is 0 Å². The third kappa shape index (κ3) is 1.63. The van der Waals surface area contributed by atoms with Crippen LogP contribution in [0, 0.1) is 0 Å². The molecule has 0 bridgehead atoms. The zero-order valence-electron chi connectivity index (χ0n) is 7.11. The molecule has 2 rings (SSSR count). The van der Waals surface area contributed by atoms with Gasteiger partial charge in [0.15, 0.2) is 5.15 Å². The van der Waals surface area contributed by atoms with Gasteiger partial charge in [-0.25, -0.2) is 4.68 Å². The molecule has 2 N–H and O–H groups in total. The Balaban J connectivity index is 2.55. The number of nitrogen functional groups attached to an aromatic ring is 1. The van der Waals surface area contributed by atoms with Gasteiger partial charge < -0.3 is 5.73 Å². The van der Waals surface area contributed by atoms with E-state index >= 15 is 0 Å². The van der Waals surface area contributed by atoms with E-state index in [0.717, 1.165) is 10.2 Å². The van der Waals surface area contributed by atoms with Crippen LogP contribution in [0.3, 0.4) is 0 Å². The van der Waals surface area contributed by atoms with E-state index < -0.39 is 0 Å². The molecule has 14 heavy (non-hydrogen) atoms. The fourth-order valence-corrected chi connectivity index (χ4v) is 1.71. The molecule has 0 saturated carbocycles. The van der Waals surface area contributed by atoms with Crippen molar-refractivity contribution in [3.8, 4) is 5.69 Å². The molecule has 0 aliphatic rings. The van der Waals surface area contributed by atoms with Crippen LogP contribution >= 0.6 is 27.5 Å². The van der Waals surface area contributed by atoms with E-state index in [1.807, 2.05) is 24.3 Å². The third-order valence-electron chi connectivity index (χ3n) is 1.79. The van der Waals surface area contributed by atoms with Crippen LogP contribution in [0.5, 0.6) is 0 Å². The van der Waals surface area contributed by atoms with Crippen LogP contribution < -0.4 is 5.73 Å². The maximum Gasteiger partial charge on any atom is 0.155 e. The number of aromatic nitrogens is 2. The van der Waals surface area contributed by atoms with Gasteiger partial charge in [0.25, 0.3) is 0 Å². The van der Waals surface area contributed by atoms with E-state index in [0.29, 0.717) is 10.8 Å². The van der Waals surface area contributed by atoms with Gasteiger partial charge in [0.1, 0.15) is 0 Å². The molecule has 3 nitrogen and oxygen atoms in total. The fraction of sp³-hybridized carbons (Fsp3) is 0. The van der Waals surface area contributed by atoms with Crippen LogP contribution in [-0.4, -0.2) is 9.78 Å². The summed E-state index contributed by atoms with van der Waals surface area (Å²) in [5.74, 6) is 0. The second kappa shape index (κ2) is 3.63. The van der Waals surface area contributed by atoms with Crippen molar-refractivity contribution in [2.24, 2.45) is 0 Å². The summed E-state index contributed by atoms with van der Waals surface area (Å²) in [6.45, 7) is 0. The minimum absolute atomic E-state index is 0.433. The molecule has 0 radical (unpaired) electrons. The standard InChI is InChI=1S/C9H7BrClN3/c10-6-2-1-3-7(4-6)14-9(11)8(12)5-13-14/h1-5H,12H2. The van der Waals surface area contributed by atoms with E-state index in [2.05, 4.69) is 21.0 Å². The lowest BCUT2D eigenvalue weighted by Gasteiger charge is -2.02. The lowest BCUT2D eigenvalue weighted by Crippen LogP contribution is -1.96. The number of rotatable bonds is 1. The van der Waals surface area contributed by atoms with Crippen LogP contribution in [0.1, 0.15) is 0 Å². The summed E-state index contributed by atoms with van der Waals surface area (Å²) in [5.41, 5.74) is 6.94. The minimum Gasteiger partial charge on any atom is -0.395 e. The lowest BCUT2D eigenvalue weighted by molar-refractivity contribution is 0.881. The number of nitrogens with zero attached hydrogens (tertiary/aromatic N) is 2. The highest BCUT2D eigenvalue weighted by atomic mass is 79.9. The maximum absolute atomic E-state index is 5.96. The van der Waals surface area contributed by atoms with E-state index in [1.165, 1.54) is 6.20 Å². The van der Waals surface area contributed by atoms with Gasteiger partial charge in [-0.1, -0.05) is 33.6 Å². The molecule has 5 heteroatoms. The molecule has 0 fully saturated rings. The number of hydrogen-bond donors (Lipinski definition) is 1. The first-order valence-electron chi connectivity index (χ1n) is 3.93. The fourth-order valence-electron chi connectivity index (χ4n) is 1.13. The molecule has 2 aromatic rings. The van der Waals surface area contributed by atoms with Crippen molar-refractivity contribution < 1.29 is 0 Å². The number of halogens is 2. The lowest BCUT2D eigenvalue weighted by atomic mass is 10.3. The third-order valence-corrected chi connectivity index (χ3v) is 2.66. The summed E-state index contributed by atoms with van der Waals surface area (Å²) in [4.78, 5) is 0. The molecule has 72 valence electrons. The average Bonchev–Trinajstić information content (AvgIpc) is 2.48. The molecule has 0 amide bonds. The Morgan fingerprint density at radius 2 is 2.21 bits per heavy atom. The molecule has 1 aromatic heterocycles. The zero-order chi connectivity index (χ0) is 10.1. The van der Waals surface area contributed by atoms with Gasteiger partial charge in [-0.05, 0) is 18.2 Å². The largest absolute Gasteiger partial charge is 0.395 e. The Morgan fingerprint density at radius 3 is 2.79 bits per heavy atom. The Bertz CT molecular complexity index is 467. The average molecular weight is 273 g/mol. The summed E-state index contributed by atoms with van der Waals surface area (Å²) in [7, 11) is 0. The normalized spacial score (nSPS) is 10.4. The first-order valence-corrected chi connectivity index (χ1v) is 5.10. The molecule has 0 aliphatic carbocycles. The number of benzene rings is 1. The van der Waals surface area contributed by atoms with Crippen molar-refractivity contribution in [1.82, 2.24) is 9.78 Å². The Hall–Kier alpha value is -1.000. The van der Waals surface area contributed by atoms with Gasteiger partial charge in [0, 0.05) is 4.47 Å². The van der Waals surface area contributed by atoms with E-state index in [4.69, 9.17) is 17.3 Å². The summed E-state index contributed by atoms with van der Waals surface area (Å²) >= 11 is 9.33. The van der Waals surface area contributed by atoms with Crippen molar-refractivity contribution in [3.63, 3.8) is 0 Å². The van der Waals surface area contributed by atoms with Crippen molar-refractivity contribution in [1.29, 1.82) is 0 Å². The SMILES string of the molecule is Nc1cnn(-c2cccc(Br)c2)c1Cl. The summed E-state index contributed by atoms with van der Waals surface area (Å²) < 4.78 is 2.56. The Kier molecular flexibility index (Phi) is 2.48. The van der Waals surface area contributed by atoms with Crippen molar-refractivity contribution in [2.45, 2.75) is 0 Å².